The molecule has 1 aromatic carbocycles. The van der Waals surface area contributed by atoms with Gasteiger partial charge in [-0.25, -0.2) is 4.79 Å². The molecule has 0 spiro atoms. The summed E-state index contributed by atoms with van der Waals surface area (Å²) in [4.78, 5) is 28.7. The molecule has 4 aliphatic rings. The standard InChI is InChI=1S/C24H36N4O2/c1-27(2)21-6-4-17(5-7-21)16-28(3)22(29)8-9-25-23(30)26-24-13-18-10-19(14-24)12-20(11-18)15-24/h4-7,18-20H,8-16H2,1-3H3,(H2,25,26,30). The van der Waals surface area contributed by atoms with Gasteiger partial charge in [-0.05, 0) is 74.0 Å². The Kier molecular flexibility index (Phi) is 5.94. The third kappa shape index (κ3) is 4.73. The van der Waals surface area contributed by atoms with Gasteiger partial charge in [-0.2, -0.15) is 0 Å². The maximum Gasteiger partial charge on any atom is 0.315 e. The van der Waals surface area contributed by atoms with E-state index in [1.807, 2.05) is 21.1 Å². The molecule has 0 radical (unpaired) electrons. The summed E-state index contributed by atoms with van der Waals surface area (Å²) in [5, 5.41) is 6.23. The predicted molar refractivity (Wildman–Crippen MR) is 119 cm³/mol. The highest BCUT2D eigenvalue weighted by atomic mass is 16.2. The van der Waals surface area contributed by atoms with E-state index in [9.17, 15) is 9.59 Å². The van der Waals surface area contributed by atoms with Crippen molar-refractivity contribution in [2.45, 2.75) is 57.0 Å². The average molecular weight is 413 g/mol. The maximum absolute atomic E-state index is 12.5. The number of hydrogen-bond donors (Lipinski definition) is 2. The summed E-state index contributed by atoms with van der Waals surface area (Å²) in [5.74, 6) is 2.46. The van der Waals surface area contributed by atoms with Crippen LogP contribution in [0.15, 0.2) is 24.3 Å². The largest absolute Gasteiger partial charge is 0.378 e. The molecule has 6 nitrogen and oxygen atoms in total. The predicted octanol–water partition coefficient (Wildman–Crippen LogP) is 3.37. The Bertz CT molecular complexity index is 739. The summed E-state index contributed by atoms with van der Waals surface area (Å²) in [7, 11) is 5.84. The fraction of sp³-hybridized carbons (Fsp3) is 0.667. The molecule has 0 atom stereocenters. The Balaban J connectivity index is 1.19. The van der Waals surface area contributed by atoms with Gasteiger partial charge in [0.15, 0.2) is 0 Å². The first-order valence-electron chi connectivity index (χ1n) is 11.4. The van der Waals surface area contributed by atoms with E-state index in [0.29, 0.717) is 19.5 Å². The smallest absolute Gasteiger partial charge is 0.315 e. The first-order chi connectivity index (χ1) is 14.3. The lowest BCUT2D eigenvalue weighted by Crippen LogP contribution is -2.61. The molecular weight excluding hydrogens is 376 g/mol. The Morgan fingerprint density at radius 2 is 1.53 bits per heavy atom. The van der Waals surface area contributed by atoms with Crippen molar-refractivity contribution in [3.63, 3.8) is 0 Å². The SMILES string of the molecule is CN(Cc1ccc(N(C)C)cc1)C(=O)CCNC(=O)NC12CC3CC(CC(C3)C1)C2. The van der Waals surface area contributed by atoms with Crippen LogP contribution in [-0.4, -0.2) is 50.1 Å². The van der Waals surface area contributed by atoms with Gasteiger partial charge in [-0.3, -0.25) is 4.79 Å². The number of nitrogens with zero attached hydrogens (tertiary/aromatic N) is 2. The molecule has 3 amide bonds. The molecule has 164 valence electrons. The van der Waals surface area contributed by atoms with Crippen molar-refractivity contribution in [1.82, 2.24) is 15.5 Å². The molecule has 5 rings (SSSR count). The Morgan fingerprint density at radius 1 is 0.967 bits per heavy atom. The quantitative estimate of drug-likeness (QED) is 0.722. The first-order valence-corrected chi connectivity index (χ1v) is 11.4. The number of carbonyl (C=O) groups is 2. The van der Waals surface area contributed by atoms with Crippen LogP contribution in [-0.2, 0) is 11.3 Å². The van der Waals surface area contributed by atoms with Crippen LogP contribution in [0.1, 0.15) is 50.5 Å². The molecule has 4 aliphatic carbocycles. The zero-order valence-electron chi connectivity index (χ0n) is 18.6. The van der Waals surface area contributed by atoms with Crippen molar-refractivity contribution >= 4 is 17.6 Å². The van der Waals surface area contributed by atoms with E-state index < -0.39 is 0 Å². The molecule has 2 N–H and O–H groups in total. The van der Waals surface area contributed by atoms with Crippen LogP contribution in [0.4, 0.5) is 10.5 Å². The monoisotopic (exact) mass is 412 g/mol. The number of hydrogen-bond acceptors (Lipinski definition) is 3. The lowest BCUT2D eigenvalue weighted by molar-refractivity contribution is -0.130. The molecule has 6 heteroatoms. The molecule has 0 aromatic heterocycles. The Labute approximate surface area is 180 Å². The Hall–Kier alpha value is -2.24. The van der Waals surface area contributed by atoms with E-state index in [-0.39, 0.29) is 17.5 Å². The van der Waals surface area contributed by atoms with Crippen LogP contribution >= 0.6 is 0 Å². The van der Waals surface area contributed by atoms with E-state index in [2.05, 4.69) is 39.8 Å². The maximum atomic E-state index is 12.5. The second kappa shape index (κ2) is 8.48. The molecule has 4 bridgehead atoms. The molecule has 4 saturated carbocycles. The number of urea groups is 1. The van der Waals surface area contributed by atoms with Crippen LogP contribution in [0.2, 0.25) is 0 Å². The topological polar surface area (TPSA) is 64.7 Å². The van der Waals surface area contributed by atoms with Crippen molar-refractivity contribution in [3.05, 3.63) is 29.8 Å². The fourth-order valence-corrected chi connectivity index (χ4v) is 6.28. The van der Waals surface area contributed by atoms with Gasteiger partial charge in [-0.1, -0.05) is 12.1 Å². The normalized spacial score (nSPS) is 28.8. The van der Waals surface area contributed by atoms with Gasteiger partial charge >= 0.3 is 6.03 Å². The first kappa shape index (κ1) is 21.0. The van der Waals surface area contributed by atoms with Crippen molar-refractivity contribution in [2.24, 2.45) is 17.8 Å². The van der Waals surface area contributed by atoms with Crippen LogP contribution in [0.25, 0.3) is 0 Å². The number of nitrogens with one attached hydrogen (secondary N) is 2. The molecule has 1 aromatic rings. The van der Waals surface area contributed by atoms with Crippen LogP contribution in [0.5, 0.6) is 0 Å². The van der Waals surface area contributed by atoms with E-state index in [1.165, 1.54) is 19.3 Å². The number of amides is 3. The van der Waals surface area contributed by atoms with E-state index in [0.717, 1.165) is 48.3 Å². The number of carbonyl (C=O) groups excluding carboxylic acids is 2. The minimum atomic E-state index is -0.105. The molecule has 30 heavy (non-hydrogen) atoms. The van der Waals surface area contributed by atoms with Crippen LogP contribution < -0.4 is 15.5 Å². The summed E-state index contributed by atoms with van der Waals surface area (Å²) < 4.78 is 0. The summed E-state index contributed by atoms with van der Waals surface area (Å²) in [6.07, 6.45) is 7.83. The number of anilines is 1. The minimum absolute atomic E-state index is 0.0123. The molecule has 4 fully saturated rings. The average Bonchev–Trinajstić information content (AvgIpc) is 2.66. The second-order valence-electron chi connectivity index (χ2n) is 10.1. The van der Waals surface area contributed by atoms with Crippen molar-refractivity contribution in [3.8, 4) is 0 Å². The molecule has 0 unspecified atom stereocenters. The lowest BCUT2D eigenvalue weighted by Gasteiger charge is -2.56. The lowest BCUT2D eigenvalue weighted by atomic mass is 9.53. The zero-order chi connectivity index (χ0) is 21.3. The third-order valence-corrected chi connectivity index (χ3v) is 7.34. The van der Waals surface area contributed by atoms with Crippen molar-refractivity contribution in [1.29, 1.82) is 0 Å². The van der Waals surface area contributed by atoms with Crippen LogP contribution in [0, 0.1) is 17.8 Å². The molecular formula is C24H36N4O2. The van der Waals surface area contributed by atoms with Gasteiger partial charge in [-0.15, -0.1) is 0 Å². The molecule has 0 saturated heterocycles. The second-order valence-corrected chi connectivity index (χ2v) is 10.1. The van der Waals surface area contributed by atoms with Crippen molar-refractivity contribution < 1.29 is 9.59 Å². The molecule has 0 aliphatic heterocycles. The Morgan fingerprint density at radius 3 is 2.07 bits per heavy atom. The molecule has 0 heterocycles. The van der Waals surface area contributed by atoms with Gasteiger partial charge in [0, 0.05) is 51.9 Å². The van der Waals surface area contributed by atoms with Gasteiger partial charge in [0.2, 0.25) is 5.91 Å². The zero-order valence-corrected chi connectivity index (χ0v) is 18.6. The highest BCUT2D eigenvalue weighted by Gasteiger charge is 2.51. The summed E-state index contributed by atoms with van der Waals surface area (Å²) in [6.45, 7) is 0.951. The van der Waals surface area contributed by atoms with Gasteiger partial charge in [0.05, 0.1) is 0 Å². The van der Waals surface area contributed by atoms with Gasteiger partial charge in [0.1, 0.15) is 0 Å². The van der Waals surface area contributed by atoms with E-state index >= 15 is 0 Å². The minimum Gasteiger partial charge on any atom is -0.378 e. The highest BCUT2D eigenvalue weighted by molar-refractivity contribution is 5.78. The fourth-order valence-electron chi connectivity index (χ4n) is 6.28. The highest BCUT2D eigenvalue weighted by Crippen LogP contribution is 2.55. The van der Waals surface area contributed by atoms with E-state index in [1.54, 1.807) is 4.90 Å². The van der Waals surface area contributed by atoms with Gasteiger partial charge in [0.25, 0.3) is 0 Å². The van der Waals surface area contributed by atoms with E-state index in [4.69, 9.17) is 0 Å². The van der Waals surface area contributed by atoms with Gasteiger partial charge < -0.3 is 20.4 Å². The summed E-state index contributed by atoms with van der Waals surface area (Å²) >= 11 is 0. The number of rotatable bonds is 7. The van der Waals surface area contributed by atoms with Crippen molar-refractivity contribution in [2.75, 3.05) is 32.6 Å². The van der Waals surface area contributed by atoms with Crippen LogP contribution in [0.3, 0.4) is 0 Å². The third-order valence-electron chi connectivity index (χ3n) is 7.34. The number of benzene rings is 1. The summed E-state index contributed by atoms with van der Waals surface area (Å²) in [6, 6.07) is 8.12. The summed E-state index contributed by atoms with van der Waals surface area (Å²) in [5.41, 5.74) is 2.25.